The molecular formula is C8H7BrN2O2. The number of nitro groups is 1. The van der Waals surface area contributed by atoms with Gasteiger partial charge in [0.15, 0.2) is 4.60 Å². The normalized spacial score (nSPS) is 14.2. The van der Waals surface area contributed by atoms with E-state index in [2.05, 4.69) is 20.9 Å². The number of aromatic nitrogens is 1. The van der Waals surface area contributed by atoms with Gasteiger partial charge in [-0.1, -0.05) is 0 Å². The number of aryl methyl sites for hydroxylation is 2. The Kier molecular flexibility index (Phi) is 2.03. The molecule has 1 heterocycles. The first-order chi connectivity index (χ1) is 6.18. The molecule has 0 bridgehead atoms. The Labute approximate surface area is 83.3 Å². The maximum Gasteiger partial charge on any atom is 0.302 e. The van der Waals surface area contributed by atoms with Crippen LogP contribution in [0.5, 0.6) is 0 Å². The van der Waals surface area contributed by atoms with Crippen molar-refractivity contribution in [3.63, 3.8) is 0 Å². The average Bonchev–Trinajstić information content (AvgIpc) is 2.48. The summed E-state index contributed by atoms with van der Waals surface area (Å²) in [6, 6.07) is 1.62. The monoisotopic (exact) mass is 242 g/mol. The molecule has 0 fully saturated rings. The highest BCUT2D eigenvalue weighted by atomic mass is 79.9. The second-order valence-electron chi connectivity index (χ2n) is 3.01. The molecule has 13 heavy (non-hydrogen) atoms. The molecule has 0 atom stereocenters. The van der Waals surface area contributed by atoms with E-state index in [0.717, 1.165) is 30.5 Å². The predicted octanol–water partition coefficient (Wildman–Crippen LogP) is 2.24. The summed E-state index contributed by atoms with van der Waals surface area (Å²) in [5.74, 6) is 0. The maximum atomic E-state index is 10.6. The standard InChI is InChI=1S/C8H7BrN2O2/c9-8-7(11(12)13)4-5-2-1-3-6(5)10-8/h4H,1-3H2. The fraction of sp³-hybridized carbons (Fsp3) is 0.375. The number of rotatable bonds is 1. The molecule has 0 aliphatic heterocycles. The van der Waals surface area contributed by atoms with Gasteiger partial charge in [-0.2, -0.15) is 0 Å². The molecule has 4 nitrogen and oxygen atoms in total. The predicted molar refractivity (Wildman–Crippen MR) is 50.6 cm³/mol. The molecule has 0 saturated heterocycles. The van der Waals surface area contributed by atoms with Crippen molar-refractivity contribution in [1.82, 2.24) is 4.98 Å². The van der Waals surface area contributed by atoms with E-state index >= 15 is 0 Å². The van der Waals surface area contributed by atoms with E-state index in [-0.39, 0.29) is 5.69 Å². The van der Waals surface area contributed by atoms with E-state index in [1.165, 1.54) is 0 Å². The van der Waals surface area contributed by atoms with Crippen LogP contribution in [0.15, 0.2) is 10.7 Å². The van der Waals surface area contributed by atoms with Crippen molar-refractivity contribution in [3.05, 3.63) is 32.0 Å². The Bertz CT molecular complexity index is 379. The topological polar surface area (TPSA) is 56.0 Å². The maximum absolute atomic E-state index is 10.6. The zero-order valence-electron chi connectivity index (χ0n) is 6.79. The highest BCUT2D eigenvalue weighted by molar-refractivity contribution is 9.10. The Balaban J connectivity index is 2.55. The first-order valence-electron chi connectivity index (χ1n) is 4.01. The van der Waals surface area contributed by atoms with Crippen molar-refractivity contribution in [3.8, 4) is 0 Å². The summed E-state index contributed by atoms with van der Waals surface area (Å²) in [5, 5.41) is 10.6. The Morgan fingerprint density at radius 3 is 3.00 bits per heavy atom. The van der Waals surface area contributed by atoms with Gasteiger partial charge in [0.1, 0.15) is 0 Å². The fourth-order valence-electron chi connectivity index (χ4n) is 1.56. The molecule has 5 heteroatoms. The summed E-state index contributed by atoms with van der Waals surface area (Å²) >= 11 is 3.10. The van der Waals surface area contributed by atoms with Gasteiger partial charge < -0.3 is 0 Å². The van der Waals surface area contributed by atoms with Crippen molar-refractivity contribution in [2.75, 3.05) is 0 Å². The molecule has 68 valence electrons. The lowest BCUT2D eigenvalue weighted by molar-refractivity contribution is -0.386. The van der Waals surface area contributed by atoms with Gasteiger partial charge in [0, 0.05) is 11.8 Å². The lowest BCUT2D eigenvalue weighted by atomic mass is 10.2. The van der Waals surface area contributed by atoms with Crippen molar-refractivity contribution in [2.45, 2.75) is 19.3 Å². The van der Waals surface area contributed by atoms with Crippen molar-refractivity contribution in [2.24, 2.45) is 0 Å². The van der Waals surface area contributed by atoms with Gasteiger partial charge in [-0.05, 0) is 40.8 Å². The Morgan fingerprint density at radius 2 is 2.31 bits per heavy atom. The zero-order valence-corrected chi connectivity index (χ0v) is 8.37. The molecule has 0 saturated carbocycles. The summed E-state index contributed by atoms with van der Waals surface area (Å²) in [6.07, 6.45) is 2.90. The summed E-state index contributed by atoms with van der Waals surface area (Å²) < 4.78 is 0.346. The van der Waals surface area contributed by atoms with Crippen LogP contribution in [0.25, 0.3) is 0 Å². The molecule has 0 spiro atoms. The summed E-state index contributed by atoms with van der Waals surface area (Å²) in [4.78, 5) is 14.3. The van der Waals surface area contributed by atoms with E-state index in [1.807, 2.05) is 0 Å². The second-order valence-corrected chi connectivity index (χ2v) is 3.77. The highest BCUT2D eigenvalue weighted by Crippen LogP contribution is 2.29. The molecule has 1 aliphatic carbocycles. The van der Waals surface area contributed by atoms with E-state index < -0.39 is 4.92 Å². The van der Waals surface area contributed by atoms with Crippen LogP contribution in [0, 0.1) is 10.1 Å². The molecule has 2 rings (SSSR count). The van der Waals surface area contributed by atoms with Crippen LogP contribution in [0.2, 0.25) is 0 Å². The number of fused-ring (bicyclic) bond motifs is 1. The van der Waals surface area contributed by atoms with Crippen LogP contribution >= 0.6 is 15.9 Å². The molecule has 0 radical (unpaired) electrons. The summed E-state index contributed by atoms with van der Waals surface area (Å²) in [6.45, 7) is 0. The average molecular weight is 243 g/mol. The number of hydrogen-bond acceptors (Lipinski definition) is 3. The zero-order chi connectivity index (χ0) is 9.42. The van der Waals surface area contributed by atoms with Gasteiger partial charge in [-0.3, -0.25) is 10.1 Å². The molecular weight excluding hydrogens is 236 g/mol. The highest BCUT2D eigenvalue weighted by Gasteiger charge is 2.20. The third kappa shape index (κ3) is 1.44. The smallest absolute Gasteiger partial charge is 0.258 e. The fourth-order valence-corrected chi connectivity index (χ4v) is 2.04. The first-order valence-corrected chi connectivity index (χ1v) is 4.80. The van der Waals surface area contributed by atoms with E-state index in [4.69, 9.17) is 0 Å². The SMILES string of the molecule is O=[N+]([O-])c1cc2c(nc1Br)CCC2. The lowest BCUT2D eigenvalue weighted by Crippen LogP contribution is -1.96. The van der Waals surface area contributed by atoms with Gasteiger partial charge in [0.05, 0.1) is 4.92 Å². The number of pyridine rings is 1. The van der Waals surface area contributed by atoms with Gasteiger partial charge in [0.25, 0.3) is 0 Å². The van der Waals surface area contributed by atoms with Crippen LogP contribution in [-0.4, -0.2) is 9.91 Å². The largest absolute Gasteiger partial charge is 0.302 e. The van der Waals surface area contributed by atoms with Gasteiger partial charge in [0.2, 0.25) is 0 Å². The van der Waals surface area contributed by atoms with Crippen molar-refractivity contribution >= 4 is 21.6 Å². The van der Waals surface area contributed by atoms with Crippen LogP contribution in [0.4, 0.5) is 5.69 Å². The summed E-state index contributed by atoms with van der Waals surface area (Å²) in [5.41, 5.74) is 2.09. The molecule has 0 N–H and O–H groups in total. The van der Waals surface area contributed by atoms with Gasteiger partial charge in [-0.25, -0.2) is 4.98 Å². The third-order valence-corrected chi connectivity index (χ3v) is 2.77. The van der Waals surface area contributed by atoms with Crippen molar-refractivity contribution in [1.29, 1.82) is 0 Å². The van der Waals surface area contributed by atoms with Crippen LogP contribution in [0.1, 0.15) is 17.7 Å². The van der Waals surface area contributed by atoms with Gasteiger partial charge >= 0.3 is 5.69 Å². The van der Waals surface area contributed by atoms with Crippen molar-refractivity contribution < 1.29 is 4.92 Å². The molecule has 1 aromatic rings. The number of halogens is 1. The van der Waals surface area contributed by atoms with Crippen LogP contribution < -0.4 is 0 Å². The minimum absolute atomic E-state index is 0.0700. The quantitative estimate of drug-likeness (QED) is 0.431. The third-order valence-electron chi connectivity index (χ3n) is 2.18. The minimum atomic E-state index is -0.407. The number of hydrogen-bond donors (Lipinski definition) is 0. The van der Waals surface area contributed by atoms with E-state index in [1.54, 1.807) is 6.07 Å². The first kappa shape index (κ1) is 8.62. The van der Waals surface area contributed by atoms with Crippen LogP contribution in [0.3, 0.4) is 0 Å². The minimum Gasteiger partial charge on any atom is -0.258 e. The Morgan fingerprint density at radius 1 is 1.54 bits per heavy atom. The summed E-state index contributed by atoms with van der Waals surface area (Å²) in [7, 11) is 0. The Hall–Kier alpha value is -0.970. The molecule has 0 unspecified atom stereocenters. The molecule has 1 aliphatic rings. The molecule has 1 aromatic heterocycles. The second kappa shape index (κ2) is 3.06. The molecule has 0 amide bonds. The van der Waals surface area contributed by atoms with E-state index in [0.29, 0.717) is 4.60 Å². The van der Waals surface area contributed by atoms with Crippen LogP contribution in [-0.2, 0) is 12.8 Å². The van der Waals surface area contributed by atoms with E-state index in [9.17, 15) is 10.1 Å². The van der Waals surface area contributed by atoms with Gasteiger partial charge in [-0.15, -0.1) is 0 Å². The lowest BCUT2D eigenvalue weighted by Gasteiger charge is -1.99. The number of nitrogens with zero attached hydrogens (tertiary/aromatic N) is 2. The molecule has 0 aromatic carbocycles.